The van der Waals surface area contributed by atoms with Gasteiger partial charge in [-0.1, -0.05) is 81.1 Å². The van der Waals surface area contributed by atoms with Crippen LogP contribution in [0, 0.1) is 11.8 Å². The number of hydrogen-bond donors (Lipinski definition) is 3. The summed E-state index contributed by atoms with van der Waals surface area (Å²) in [6.07, 6.45) is 6.60. The molecule has 1 heterocycles. The number of amides is 4. The number of carbonyl (C=O) groups excluding carboxylic acids is 5. The molecule has 1 aliphatic heterocycles. The summed E-state index contributed by atoms with van der Waals surface area (Å²) in [5.41, 5.74) is 5.10. The number of rotatable bonds is 10. The van der Waals surface area contributed by atoms with Crippen molar-refractivity contribution >= 4 is 29.4 Å². The smallest absolute Gasteiger partial charge is 0.287 e. The monoisotopic (exact) mass is 512 g/mol. The van der Waals surface area contributed by atoms with Crippen LogP contribution in [0.15, 0.2) is 0 Å². The van der Waals surface area contributed by atoms with Crippen LogP contribution in [0.4, 0.5) is 0 Å². The van der Waals surface area contributed by atoms with Crippen LogP contribution in [0.2, 0.25) is 0 Å². The van der Waals surface area contributed by atoms with Crippen molar-refractivity contribution < 1.29 is 24.0 Å². The molecule has 0 radical (unpaired) electrons. The molecule has 2 aliphatic rings. The average Bonchev–Trinajstić information content (AvgIpc) is 3.54. The van der Waals surface area contributed by atoms with Crippen LogP contribution in [0.5, 0.6) is 0 Å². The highest BCUT2D eigenvalue weighted by Gasteiger charge is 2.38. The van der Waals surface area contributed by atoms with Gasteiger partial charge in [0.15, 0.2) is 0 Å². The first kappa shape index (κ1) is 35.7. The molecule has 3 atom stereocenters. The van der Waals surface area contributed by atoms with Crippen LogP contribution < -0.4 is 16.4 Å². The minimum Gasteiger partial charge on any atom is -0.363 e. The van der Waals surface area contributed by atoms with E-state index in [9.17, 15) is 24.0 Å². The number of primary amides is 1. The molecule has 0 aromatic carbocycles. The van der Waals surface area contributed by atoms with E-state index >= 15 is 0 Å². The molecule has 2 fully saturated rings. The lowest BCUT2D eigenvalue weighted by Crippen LogP contribution is -2.54. The molecule has 0 aromatic heterocycles. The highest BCUT2D eigenvalue weighted by Crippen LogP contribution is 2.33. The van der Waals surface area contributed by atoms with Gasteiger partial charge in [-0.15, -0.1) is 0 Å². The maximum absolute atomic E-state index is 12.7. The Morgan fingerprint density at radius 3 is 1.92 bits per heavy atom. The number of ketones is 1. The zero-order chi connectivity index (χ0) is 28.3. The van der Waals surface area contributed by atoms with E-state index < -0.39 is 29.7 Å². The summed E-state index contributed by atoms with van der Waals surface area (Å²) in [6, 6.07) is -1.66. The predicted octanol–water partition coefficient (Wildman–Crippen LogP) is 3.34. The molecule has 3 unspecified atom stereocenters. The molecular formula is C27H52N4O5. The van der Waals surface area contributed by atoms with Crippen molar-refractivity contribution in [1.29, 1.82) is 0 Å². The Bertz CT molecular complexity index is 677. The van der Waals surface area contributed by atoms with Gasteiger partial charge in [0.25, 0.3) is 5.91 Å². The van der Waals surface area contributed by atoms with Crippen LogP contribution >= 0.6 is 0 Å². The molecule has 36 heavy (non-hydrogen) atoms. The molecule has 4 N–H and O–H groups in total. The number of hydrogen-bond acceptors (Lipinski definition) is 5. The van der Waals surface area contributed by atoms with Gasteiger partial charge in [0, 0.05) is 12.5 Å². The third-order valence-corrected chi connectivity index (χ3v) is 5.49. The Morgan fingerprint density at radius 1 is 0.944 bits per heavy atom. The van der Waals surface area contributed by atoms with Crippen LogP contribution in [0.3, 0.4) is 0 Å². The Labute approximate surface area is 218 Å². The van der Waals surface area contributed by atoms with Crippen LogP contribution in [0.1, 0.15) is 107 Å². The van der Waals surface area contributed by atoms with E-state index in [4.69, 9.17) is 5.73 Å². The van der Waals surface area contributed by atoms with Crippen molar-refractivity contribution in [3.63, 3.8) is 0 Å². The summed E-state index contributed by atoms with van der Waals surface area (Å²) >= 11 is 0. The molecule has 0 bridgehead atoms. The fourth-order valence-corrected chi connectivity index (χ4v) is 3.32. The molecule has 4 amide bonds. The first-order chi connectivity index (χ1) is 17.1. The topological polar surface area (TPSA) is 139 Å². The average molecular weight is 513 g/mol. The largest absolute Gasteiger partial charge is 0.363 e. The predicted molar refractivity (Wildman–Crippen MR) is 144 cm³/mol. The second-order valence-corrected chi connectivity index (χ2v) is 9.16. The molecule has 1 saturated carbocycles. The van der Waals surface area contributed by atoms with Gasteiger partial charge in [0.1, 0.15) is 6.04 Å². The SMILES string of the molecule is CC.CCC.CCC.CCC(C)C(=O)NCC(=O)N1CCCC1C(=O)NC(CC1CC1)C(=O)C(N)=O. The minimum absolute atomic E-state index is 0.168. The van der Waals surface area contributed by atoms with Crippen molar-refractivity contribution in [1.82, 2.24) is 15.5 Å². The lowest BCUT2D eigenvalue weighted by Gasteiger charge is -2.26. The zero-order valence-corrected chi connectivity index (χ0v) is 23.9. The standard InChI is InChI=1S/C19H30N4O5.2C3H8.C2H6/c1-3-11(2)18(27)21-10-15(24)23-8-4-5-14(23)19(28)22-13(9-12-6-7-12)16(25)17(20)26;2*1-3-2;1-2/h11-14H,3-10H2,1-2H3,(H2,20,26)(H,21,27)(H,22,28);2*3H2,1-2H3;1-2H3. The normalized spacial score (nSPS) is 17.4. The molecule has 9 nitrogen and oxygen atoms in total. The van der Waals surface area contributed by atoms with Crippen molar-refractivity contribution in [2.45, 2.75) is 119 Å². The fraction of sp³-hybridized carbons (Fsp3) is 0.815. The minimum atomic E-state index is -1.07. The molecule has 210 valence electrons. The van der Waals surface area contributed by atoms with E-state index in [0.29, 0.717) is 38.1 Å². The lowest BCUT2D eigenvalue weighted by molar-refractivity contribution is -0.141. The number of likely N-dealkylation sites (tertiary alicyclic amines) is 1. The molecule has 0 aromatic rings. The van der Waals surface area contributed by atoms with Gasteiger partial charge in [-0.2, -0.15) is 0 Å². The Balaban J connectivity index is 0. The van der Waals surface area contributed by atoms with Gasteiger partial charge in [-0.3, -0.25) is 24.0 Å². The maximum Gasteiger partial charge on any atom is 0.287 e. The summed E-state index contributed by atoms with van der Waals surface area (Å²) in [6.45, 7) is 16.4. The Hall–Kier alpha value is -2.45. The van der Waals surface area contributed by atoms with Crippen molar-refractivity contribution in [2.75, 3.05) is 13.1 Å². The summed E-state index contributed by atoms with van der Waals surface area (Å²) < 4.78 is 0. The van der Waals surface area contributed by atoms with E-state index in [1.807, 2.05) is 20.8 Å². The van der Waals surface area contributed by atoms with Crippen LogP contribution in [-0.2, 0) is 24.0 Å². The molecule has 1 saturated heterocycles. The third-order valence-electron chi connectivity index (χ3n) is 5.49. The molecule has 1 aliphatic carbocycles. The highest BCUT2D eigenvalue weighted by molar-refractivity contribution is 6.37. The van der Waals surface area contributed by atoms with Crippen molar-refractivity contribution in [3.8, 4) is 0 Å². The molecule has 9 heteroatoms. The number of nitrogens with two attached hydrogens (primary N) is 1. The van der Waals surface area contributed by atoms with Gasteiger partial charge >= 0.3 is 0 Å². The second kappa shape index (κ2) is 20.7. The summed E-state index contributed by atoms with van der Waals surface area (Å²) in [7, 11) is 0. The quantitative estimate of drug-likeness (QED) is 0.385. The molecular weight excluding hydrogens is 460 g/mol. The Kier molecular flexibility index (Phi) is 20.5. The second-order valence-electron chi connectivity index (χ2n) is 9.16. The van der Waals surface area contributed by atoms with E-state index in [1.165, 1.54) is 17.7 Å². The van der Waals surface area contributed by atoms with Gasteiger partial charge in [-0.25, -0.2) is 0 Å². The fourth-order valence-electron chi connectivity index (χ4n) is 3.32. The first-order valence-corrected chi connectivity index (χ1v) is 13.8. The molecule has 2 rings (SSSR count). The zero-order valence-electron chi connectivity index (χ0n) is 23.9. The van der Waals surface area contributed by atoms with Crippen LogP contribution in [-0.4, -0.2) is 59.5 Å². The summed E-state index contributed by atoms with van der Waals surface area (Å²) in [5, 5.41) is 5.22. The number of Topliss-reactive ketones (excluding diaryl/α,β-unsaturated/α-hetero) is 1. The van der Waals surface area contributed by atoms with E-state index in [-0.39, 0.29) is 24.3 Å². The Morgan fingerprint density at radius 2 is 1.47 bits per heavy atom. The maximum atomic E-state index is 12.7. The number of nitrogens with zero attached hydrogens (tertiary/aromatic N) is 1. The summed E-state index contributed by atoms with van der Waals surface area (Å²) in [4.78, 5) is 61.7. The van der Waals surface area contributed by atoms with E-state index in [1.54, 1.807) is 6.92 Å². The number of carbonyl (C=O) groups is 5. The van der Waals surface area contributed by atoms with Gasteiger partial charge in [0.2, 0.25) is 23.5 Å². The van der Waals surface area contributed by atoms with Crippen molar-refractivity contribution in [2.24, 2.45) is 17.6 Å². The van der Waals surface area contributed by atoms with Crippen molar-refractivity contribution in [3.05, 3.63) is 0 Å². The van der Waals surface area contributed by atoms with Crippen LogP contribution in [0.25, 0.3) is 0 Å². The van der Waals surface area contributed by atoms with Gasteiger partial charge < -0.3 is 21.3 Å². The molecule has 0 spiro atoms. The first-order valence-electron chi connectivity index (χ1n) is 13.8. The van der Waals surface area contributed by atoms with E-state index in [2.05, 4.69) is 38.3 Å². The van der Waals surface area contributed by atoms with Gasteiger partial charge in [0.05, 0.1) is 12.6 Å². The highest BCUT2D eigenvalue weighted by atomic mass is 16.2. The lowest BCUT2D eigenvalue weighted by atomic mass is 10.0. The van der Waals surface area contributed by atoms with Gasteiger partial charge in [-0.05, 0) is 31.6 Å². The van der Waals surface area contributed by atoms with E-state index in [0.717, 1.165) is 12.8 Å². The number of nitrogens with one attached hydrogen (secondary N) is 2. The third kappa shape index (κ3) is 14.2. The summed E-state index contributed by atoms with van der Waals surface area (Å²) in [5.74, 6) is -2.75.